The number of pyridine rings is 2. The Morgan fingerprint density at radius 2 is 1.83 bits per heavy atom. The summed E-state index contributed by atoms with van der Waals surface area (Å²) in [4.78, 5) is 14.1. The number of amidine groups is 1. The second-order valence-corrected chi connectivity index (χ2v) is 9.74. The quantitative estimate of drug-likeness (QED) is 0.391. The molecule has 1 aromatic carbocycles. The fraction of sp³-hybridized carbons (Fsp3) is 0.292. The molecule has 1 fully saturated rings. The summed E-state index contributed by atoms with van der Waals surface area (Å²) in [5.74, 6) is -3.34. The number of hydrogen-bond acceptors (Lipinski definition) is 7. The number of piperidine rings is 1. The van der Waals surface area contributed by atoms with Gasteiger partial charge in [-0.3, -0.25) is 0 Å². The van der Waals surface area contributed by atoms with Crippen LogP contribution < -0.4 is 15.4 Å². The molecule has 180 valence electrons. The van der Waals surface area contributed by atoms with Crippen molar-refractivity contribution in [1.82, 2.24) is 9.97 Å². The molecule has 0 unspecified atom stereocenters. The van der Waals surface area contributed by atoms with Crippen LogP contribution in [0.1, 0.15) is 24.0 Å². The predicted octanol–water partition coefficient (Wildman–Crippen LogP) is 5.07. The van der Waals surface area contributed by atoms with E-state index in [4.69, 9.17) is 15.5 Å². The Morgan fingerprint density at radius 3 is 2.54 bits per heavy atom. The van der Waals surface area contributed by atoms with E-state index in [1.165, 1.54) is 18.0 Å². The van der Waals surface area contributed by atoms with Crippen LogP contribution in [0.2, 0.25) is 0 Å². The van der Waals surface area contributed by atoms with Crippen LogP contribution in [-0.2, 0) is 5.54 Å². The number of aliphatic imine (C=N–C) groups is 1. The highest BCUT2D eigenvalue weighted by Gasteiger charge is 2.48. The minimum Gasteiger partial charge on any atom is -0.452 e. The SMILES string of the molecule is NC1=N[C@@]2(CS1)c1cc(-c3cccnc3F)ccc1Oc1c2cc(N2CCC(F)(F)CC2)nc1F. The van der Waals surface area contributed by atoms with Gasteiger partial charge in [0.15, 0.2) is 10.9 Å². The van der Waals surface area contributed by atoms with Gasteiger partial charge in [-0.25, -0.2) is 18.8 Å². The van der Waals surface area contributed by atoms with E-state index in [9.17, 15) is 13.2 Å². The van der Waals surface area contributed by atoms with Crippen LogP contribution in [0.4, 0.5) is 23.4 Å². The van der Waals surface area contributed by atoms with Crippen molar-refractivity contribution in [1.29, 1.82) is 0 Å². The molecule has 0 radical (unpaired) electrons. The van der Waals surface area contributed by atoms with E-state index >= 15 is 4.39 Å². The minimum absolute atomic E-state index is 0.0489. The normalized spacial score (nSPS) is 22.4. The Bertz CT molecular complexity index is 1370. The van der Waals surface area contributed by atoms with Gasteiger partial charge in [-0.15, -0.1) is 0 Å². The zero-order valence-corrected chi connectivity index (χ0v) is 19.1. The Kier molecular flexibility index (Phi) is 4.96. The molecule has 2 N–H and O–H groups in total. The van der Waals surface area contributed by atoms with Crippen molar-refractivity contribution in [2.45, 2.75) is 24.3 Å². The van der Waals surface area contributed by atoms with E-state index in [-0.39, 0.29) is 37.5 Å². The number of benzene rings is 1. The number of fused-ring (bicyclic) bond motifs is 4. The van der Waals surface area contributed by atoms with Gasteiger partial charge in [0, 0.05) is 54.6 Å². The van der Waals surface area contributed by atoms with E-state index in [2.05, 4.69) is 9.97 Å². The maximum Gasteiger partial charge on any atom is 0.258 e. The number of halogens is 4. The number of hydrogen-bond donors (Lipinski definition) is 1. The topological polar surface area (TPSA) is 76.6 Å². The van der Waals surface area contributed by atoms with Crippen molar-refractivity contribution in [3.63, 3.8) is 0 Å². The standard InChI is InChI=1S/C24H19F4N5OS/c25-20-14(2-1-7-30-20)13-3-4-17-15(10-13)24(12-35-22(29)32-24)16-11-18(31-21(26)19(16)34-17)33-8-5-23(27,28)6-9-33/h1-4,7,10-11H,5-6,8-9,12H2,(H2,29,32)/t24-/m0/s1. The summed E-state index contributed by atoms with van der Waals surface area (Å²) in [6.07, 6.45) is 0.697. The molecule has 1 saturated heterocycles. The highest BCUT2D eigenvalue weighted by atomic mass is 32.2. The summed E-state index contributed by atoms with van der Waals surface area (Å²) >= 11 is 1.31. The van der Waals surface area contributed by atoms with E-state index < -0.39 is 23.4 Å². The van der Waals surface area contributed by atoms with Gasteiger partial charge in [0.05, 0.1) is 0 Å². The molecule has 0 amide bonds. The second kappa shape index (κ2) is 7.84. The maximum atomic E-state index is 15.3. The highest BCUT2D eigenvalue weighted by Crippen LogP contribution is 2.54. The summed E-state index contributed by atoms with van der Waals surface area (Å²) in [7, 11) is 0. The van der Waals surface area contributed by atoms with Crippen molar-refractivity contribution in [3.8, 4) is 22.6 Å². The molecule has 0 saturated carbocycles. The number of thioether (sulfide) groups is 1. The number of alkyl halides is 2. The Hall–Kier alpha value is -3.34. The van der Waals surface area contributed by atoms with E-state index in [1.807, 2.05) is 0 Å². The molecule has 3 aliphatic rings. The average Bonchev–Trinajstić information content (AvgIpc) is 3.22. The van der Waals surface area contributed by atoms with Crippen LogP contribution in [0.15, 0.2) is 47.6 Å². The Balaban J connectivity index is 1.50. The van der Waals surface area contributed by atoms with Crippen molar-refractivity contribution in [2.75, 3.05) is 23.7 Å². The lowest BCUT2D eigenvalue weighted by Gasteiger charge is -2.37. The maximum absolute atomic E-state index is 15.3. The van der Waals surface area contributed by atoms with Gasteiger partial charge in [-0.1, -0.05) is 17.8 Å². The summed E-state index contributed by atoms with van der Waals surface area (Å²) in [6.45, 7) is 0.0977. The Morgan fingerprint density at radius 1 is 1.03 bits per heavy atom. The third-order valence-corrected chi connectivity index (χ3v) is 7.57. The average molecular weight is 502 g/mol. The van der Waals surface area contributed by atoms with Crippen molar-refractivity contribution in [2.24, 2.45) is 10.7 Å². The number of nitrogens with zero attached hydrogens (tertiary/aromatic N) is 4. The molecular weight excluding hydrogens is 482 g/mol. The van der Waals surface area contributed by atoms with Crippen LogP contribution in [0, 0.1) is 11.9 Å². The smallest absolute Gasteiger partial charge is 0.258 e. The first-order valence-electron chi connectivity index (χ1n) is 11.0. The zero-order chi connectivity index (χ0) is 24.4. The number of rotatable bonds is 2. The summed E-state index contributed by atoms with van der Waals surface area (Å²) in [5.41, 5.74) is 6.83. The van der Waals surface area contributed by atoms with Crippen LogP contribution >= 0.6 is 11.8 Å². The summed E-state index contributed by atoms with van der Waals surface area (Å²) < 4.78 is 63.1. The van der Waals surface area contributed by atoms with E-state index in [0.29, 0.717) is 38.9 Å². The van der Waals surface area contributed by atoms with Gasteiger partial charge < -0.3 is 15.4 Å². The molecule has 0 aliphatic carbocycles. The van der Waals surface area contributed by atoms with Gasteiger partial charge in [-0.2, -0.15) is 13.8 Å². The first-order valence-corrected chi connectivity index (χ1v) is 12.0. The molecule has 35 heavy (non-hydrogen) atoms. The molecule has 3 aromatic rings. The lowest BCUT2D eigenvalue weighted by molar-refractivity contribution is -0.0221. The number of ether oxygens (including phenoxy) is 1. The fourth-order valence-electron chi connectivity index (χ4n) is 4.79. The van der Waals surface area contributed by atoms with Crippen LogP contribution in [-0.4, -0.2) is 39.9 Å². The molecule has 6 nitrogen and oxygen atoms in total. The van der Waals surface area contributed by atoms with Gasteiger partial charge >= 0.3 is 0 Å². The molecule has 1 spiro atoms. The first-order chi connectivity index (χ1) is 16.8. The van der Waals surface area contributed by atoms with Gasteiger partial charge in [0.25, 0.3) is 11.9 Å². The van der Waals surface area contributed by atoms with Crippen molar-refractivity contribution in [3.05, 3.63) is 65.6 Å². The van der Waals surface area contributed by atoms with Crippen LogP contribution in [0.5, 0.6) is 11.5 Å². The summed E-state index contributed by atoms with van der Waals surface area (Å²) in [6, 6.07) is 9.95. The monoisotopic (exact) mass is 501 g/mol. The fourth-order valence-corrected chi connectivity index (χ4v) is 5.74. The van der Waals surface area contributed by atoms with Crippen molar-refractivity contribution >= 4 is 22.7 Å². The molecule has 11 heteroatoms. The molecule has 3 aliphatic heterocycles. The third kappa shape index (κ3) is 3.60. The predicted molar refractivity (Wildman–Crippen MR) is 125 cm³/mol. The molecule has 0 bridgehead atoms. The lowest BCUT2D eigenvalue weighted by atomic mass is 9.81. The highest BCUT2D eigenvalue weighted by molar-refractivity contribution is 8.14. The zero-order valence-electron chi connectivity index (χ0n) is 18.3. The second-order valence-electron chi connectivity index (χ2n) is 8.74. The van der Waals surface area contributed by atoms with Crippen molar-refractivity contribution < 1.29 is 22.3 Å². The molecule has 2 aromatic heterocycles. The number of nitrogens with two attached hydrogens (primary N) is 1. The van der Waals surface area contributed by atoms with Gasteiger partial charge in [0.1, 0.15) is 17.1 Å². The van der Waals surface area contributed by atoms with E-state index in [0.717, 1.165) is 0 Å². The van der Waals surface area contributed by atoms with Gasteiger partial charge in [-0.05, 0) is 35.9 Å². The molecule has 1 atom stereocenters. The first kappa shape index (κ1) is 22.1. The third-order valence-electron chi connectivity index (χ3n) is 6.62. The van der Waals surface area contributed by atoms with Crippen LogP contribution in [0.25, 0.3) is 11.1 Å². The summed E-state index contributed by atoms with van der Waals surface area (Å²) in [5, 5.41) is 0.318. The number of anilines is 1. The molecular formula is C24H19F4N5OS. The van der Waals surface area contributed by atoms with E-state index in [1.54, 1.807) is 41.3 Å². The largest absolute Gasteiger partial charge is 0.452 e. The minimum atomic E-state index is -2.74. The molecule has 5 heterocycles. The lowest BCUT2D eigenvalue weighted by Crippen LogP contribution is -2.40. The van der Waals surface area contributed by atoms with Gasteiger partial charge in [0.2, 0.25) is 5.95 Å². The number of aromatic nitrogens is 2. The molecule has 6 rings (SSSR count). The Labute approximate surface area is 202 Å². The van der Waals surface area contributed by atoms with Crippen LogP contribution in [0.3, 0.4) is 0 Å².